The molecule has 0 unspecified atom stereocenters. The van der Waals surface area contributed by atoms with E-state index in [-0.39, 0.29) is 51.0 Å². The monoisotopic (exact) mass is 758 g/mol. The van der Waals surface area contributed by atoms with Crippen LogP contribution in [0.4, 0.5) is 4.39 Å². The zero-order chi connectivity index (χ0) is 38.8. The Morgan fingerprint density at radius 3 is 1.57 bits per heavy atom. The van der Waals surface area contributed by atoms with Crippen LogP contribution in [-0.4, -0.2) is 38.3 Å². The highest BCUT2D eigenvalue weighted by Crippen LogP contribution is 2.36. The van der Waals surface area contributed by atoms with Crippen LogP contribution in [0.5, 0.6) is 23.0 Å². The van der Waals surface area contributed by atoms with Crippen LogP contribution in [0.25, 0.3) is 0 Å². The van der Waals surface area contributed by atoms with Crippen molar-refractivity contribution in [1.82, 2.24) is 0 Å². The molecule has 290 valence electrons. The van der Waals surface area contributed by atoms with E-state index >= 15 is 4.39 Å². The quantitative estimate of drug-likeness (QED) is 0.0542. The van der Waals surface area contributed by atoms with Gasteiger partial charge in [0.25, 0.3) is 0 Å². The molecule has 0 aliphatic rings. The molecule has 9 heteroatoms. The van der Waals surface area contributed by atoms with Crippen molar-refractivity contribution in [3.63, 3.8) is 0 Å². The van der Waals surface area contributed by atoms with Gasteiger partial charge in [0.15, 0.2) is 11.5 Å². The fourth-order valence-electron chi connectivity index (χ4n) is 5.90. The van der Waals surface area contributed by atoms with E-state index < -0.39 is 18.0 Å². The van der Waals surface area contributed by atoms with E-state index in [1.165, 1.54) is 6.07 Å². The smallest absolute Gasteiger partial charge is 0.162 e. The van der Waals surface area contributed by atoms with Gasteiger partial charge in [0.05, 0.1) is 19.3 Å². The summed E-state index contributed by atoms with van der Waals surface area (Å²) in [6, 6.07) is 47.2. The number of hydrogen-bond donors (Lipinski definition) is 1. The third kappa shape index (κ3) is 12.1. The van der Waals surface area contributed by atoms with Gasteiger partial charge in [-0.05, 0) is 39.9 Å². The first kappa shape index (κ1) is 40.0. The van der Waals surface area contributed by atoms with Crippen molar-refractivity contribution >= 4 is 0 Å². The van der Waals surface area contributed by atoms with Crippen LogP contribution in [0.3, 0.4) is 0 Å². The Morgan fingerprint density at radius 1 is 0.536 bits per heavy atom. The van der Waals surface area contributed by atoms with Crippen molar-refractivity contribution in [3.8, 4) is 23.0 Å². The molecule has 2 atom stereocenters. The molecule has 0 radical (unpaired) electrons. The Morgan fingerprint density at radius 2 is 1.04 bits per heavy atom. The van der Waals surface area contributed by atoms with Crippen LogP contribution in [0.1, 0.15) is 39.5 Å². The van der Waals surface area contributed by atoms with Gasteiger partial charge in [0, 0.05) is 31.2 Å². The van der Waals surface area contributed by atoms with Crippen molar-refractivity contribution in [1.29, 1.82) is 0 Å². The number of aliphatic hydroxyl groups excluding tert-OH is 1. The van der Waals surface area contributed by atoms with E-state index in [4.69, 9.17) is 33.2 Å². The molecule has 6 aromatic rings. The maximum absolute atomic E-state index is 16.3. The molecule has 0 heterocycles. The lowest BCUT2D eigenvalue weighted by atomic mass is 9.97. The molecule has 0 amide bonds. The molecular weight excluding hydrogens is 712 g/mol. The normalized spacial score (nSPS) is 12.1. The second-order valence-electron chi connectivity index (χ2n) is 13.1. The molecule has 1 N–H and O–H groups in total. The van der Waals surface area contributed by atoms with Crippen molar-refractivity contribution in [2.24, 2.45) is 0 Å². The standard InChI is InChI=1S/C47H47FO8/c1-50-24-25-51-34-56-46(29-41-42(48)27-40(52-30-35-14-6-2-7-15-35)28-44(41)54-32-37-18-10-4-11-19-37)47(49)39-22-23-43(53-31-36-16-8-3-9-17-36)45(26-39)55-33-38-20-12-5-13-21-38/h2-23,26-28,46-47,49H,24-25,29-34H2,1H3/t46-,47-/m1/s1. The van der Waals surface area contributed by atoms with E-state index in [2.05, 4.69) is 0 Å². The maximum atomic E-state index is 16.3. The molecule has 0 fully saturated rings. The van der Waals surface area contributed by atoms with Crippen molar-refractivity contribution in [2.45, 2.75) is 45.1 Å². The third-order valence-electron chi connectivity index (χ3n) is 8.95. The minimum Gasteiger partial charge on any atom is -0.489 e. The zero-order valence-electron chi connectivity index (χ0n) is 31.4. The first-order valence-electron chi connectivity index (χ1n) is 18.6. The van der Waals surface area contributed by atoms with Gasteiger partial charge in [-0.2, -0.15) is 0 Å². The van der Waals surface area contributed by atoms with E-state index in [9.17, 15) is 5.11 Å². The lowest BCUT2D eigenvalue weighted by molar-refractivity contribution is -0.130. The van der Waals surface area contributed by atoms with Gasteiger partial charge in [0.1, 0.15) is 56.6 Å². The van der Waals surface area contributed by atoms with Gasteiger partial charge in [-0.3, -0.25) is 0 Å². The molecule has 0 saturated heterocycles. The average molecular weight is 759 g/mol. The summed E-state index contributed by atoms with van der Waals surface area (Å²) in [6.45, 7) is 1.52. The second-order valence-corrected chi connectivity index (χ2v) is 13.1. The molecule has 0 aliphatic carbocycles. The van der Waals surface area contributed by atoms with Crippen LogP contribution in [0, 0.1) is 5.82 Å². The molecule has 0 bridgehead atoms. The molecule has 6 aromatic carbocycles. The molecule has 0 aliphatic heterocycles. The van der Waals surface area contributed by atoms with Gasteiger partial charge in [-0.1, -0.05) is 127 Å². The molecular formula is C47H47FO8. The van der Waals surface area contributed by atoms with Crippen LogP contribution < -0.4 is 18.9 Å². The predicted molar refractivity (Wildman–Crippen MR) is 212 cm³/mol. The lowest BCUT2D eigenvalue weighted by Gasteiger charge is -2.26. The van der Waals surface area contributed by atoms with Crippen molar-refractivity contribution in [3.05, 3.63) is 191 Å². The highest BCUT2D eigenvalue weighted by Gasteiger charge is 2.28. The summed E-state index contributed by atoms with van der Waals surface area (Å²) in [5.74, 6) is 0.973. The number of ether oxygens (including phenoxy) is 7. The van der Waals surface area contributed by atoms with E-state index in [1.54, 1.807) is 31.4 Å². The van der Waals surface area contributed by atoms with Gasteiger partial charge in [-0.15, -0.1) is 0 Å². The van der Waals surface area contributed by atoms with Crippen LogP contribution in [0.15, 0.2) is 152 Å². The Kier molecular flexibility index (Phi) is 15.3. The fraction of sp³-hybridized carbons (Fsp3) is 0.234. The largest absolute Gasteiger partial charge is 0.489 e. The van der Waals surface area contributed by atoms with E-state index in [0.29, 0.717) is 36.0 Å². The molecule has 0 saturated carbocycles. The van der Waals surface area contributed by atoms with E-state index in [0.717, 1.165) is 22.3 Å². The van der Waals surface area contributed by atoms with Crippen LogP contribution in [-0.2, 0) is 47.1 Å². The number of methoxy groups -OCH3 is 1. The first-order valence-corrected chi connectivity index (χ1v) is 18.6. The van der Waals surface area contributed by atoms with Crippen molar-refractivity contribution in [2.75, 3.05) is 27.1 Å². The number of rotatable bonds is 22. The van der Waals surface area contributed by atoms with Crippen LogP contribution in [0.2, 0.25) is 0 Å². The summed E-state index contributed by atoms with van der Waals surface area (Å²) in [6.07, 6.45) is -2.27. The average Bonchev–Trinajstić information content (AvgIpc) is 3.25. The summed E-state index contributed by atoms with van der Waals surface area (Å²) in [5, 5.41) is 12.0. The molecule has 6 rings (SSSR count). The third-order valence-corrected chi connectivity index (χ3v) is 8.95. The second kappa shape index (κ2) is 21.4. The first-order chi connectivity index (χ1) is 27.6. The van der Waals surface area contributed by atoms with Gasteiger partial charge in [0.2, 0.25) is 0 Å². The van der Waals surface area contributed by atoms with Gasteiger partial charge >= 0.3 is 0 Å². The summed E-state index contributed by atoms with van der Waals surface area (Å²) in [5.41, 5.74) is 4.52. The Bertz CT molecular complexity index is 2030. The minimum absolute atomic E-state index is 0.0593. The Labute approximate surface area is 327 Å². The van der Waals surface area contributed by atoms with Crippen LogP contribution >= 0.6 is 0 Å². The highest BCUT2D eigenvalue weighted by atomic mass is 19.1. The topological polar surface area (TPSA) is 84.8 Å². The molecule has 8 nitrogen and oxygen atoms in total. The van der Waals surface area contributed by atoms with Gasteiger partial charge < -0.3 is 38.3 Å². The minimum atomic E-state index is -1.24. The summed E-state index contributed by atoms with van der Waals surface area (Å²) >= 11 is 0. The number of benzene rings is 6. The summed E-state index contributed by atoms with van der Waals surface area (Å²) < 4.78 is 58.0. The SMILES string of the molecule is COCCOCO[C@H](Cc1c(F)cc(OCc2ccccc2)cc1OCc1ccccc1)[C@H](O)c1ccc(OCc2ccccc2)c(OCc2ccccc2)c1. The summed E-state index contributed by atoms with van der Waals surface area (Å²) in [4.78, 5) is 0. The highest BCUT2D eigenvalue weighted by molar-refractivity contribution is 5.46. The maximum Gasteiger partial charge on any atom is 0.162 e. The van der Waals surface area contributed by atoms with E-state index in [1.807, 2.05) is 121 Å². The van der Waals surface area contributed by atoms with Gasteiger partial charge in [-0.25, -0.2) is 4.39 Å². The number of hydrogen-bond acceptors (Lipinski definition) is 8. The molecule has 0 aromatic heterocycles. The number of aliphatic hydroxyl groups is 1. The van der Waals surface area contributed by atoms with Crippen molar-refractivity contribution < 1.29 is 42.7 Å². The molecule has 0 spiro atoms. The zero-order valence-corrected chi connectivity index (χ0v) is 31.4. The molecule has 56 heavy (non-hydrogen) atoms. The fourth-order valence-corrected chi connectivity index (χ4v) is 5.90. The lowest BCUT2D eigenvalue weighted by Crippen LogP contribution is -2.27. The Balaban J connectivity index is 1.28. The Hall–Kier alpha value is -5.71. The predicted octanol–water partition coefficient (Wildman–Crippen LogP) is 9.42. The number of halogens is 1. The summed E-state index contributed by atoms with van der Waals surface area (Å²) in [7, 11) is 1.58.